The summed E-state index contributed by atoms with van der Waals surface area (Å²) in [6.07, 6.45) is 5.67. The molecule has 0 radical (unpaired) electrons. The van der Waals surface area contributed by atoms with E-state index in [1.165, 1.54) is 0 Å². The van der Waals surface area contributed by atoms with Gasteiger partial charge in [-0.1, -0.05) is 36.6 Å². The van der Waals surface area contributed by atoms with E-state index in [0.29, 0.717) is 5.02 Å². The second-order valence-corrected chi connectivity index (χ2v) is 4.69. The second kappa shape index (κ2) is 5.46. The van der Waals surface area contributed by atoms with Crippen LogP contribution in [0.2, 0.25) is 5.02 Å². The highest BCUT2D eigenvalue weighted by Gasteiger charge is 2.21. The van der Waals surface area contributed by atoms with Crippen LogP contribution in [0.5, 0.6) is 0 Å². The van der Waals surface area contributed by atoms with Gasteiger partial charge in [-0.2, -0.15) is 0 Å². The third kappa shape index (κ3) is 3.06. The third-order valence-electron chi connectivity index (χ3n) is 2.96. The number of aliphatic hydroxyl groups excluding tert-OH is 1. The molecule has 1 aromatic carbocycles. The fourth-order valence-corrected chi connectivity index (χ4v) is 2.23. The Morgan fingerprint density at radius 3 is 2.88 bits per heavy atom. The van der Waals surface area contributed by atoms with Gasteiger partial charge in [0.1, 0.15) is 0 Å². The van der Waals surface area contributed by atoms with Gasteiger partial charge in [0, 0.05) is 11.2 Å². The van der Waals surface area contributed by atoms with E-state index >= 15 is 0 Å². The highest BCUT2D eigenvalue weighted by molar-refractivity contribution is 6.30. The maximum atomic E-state index is 9.76. The summed E-state index contributed by atoms with van der Waals surface area (Å²) in [6, 6.07) is 7.65. The van der Waals surface area contributed by atoms with Crippen LogP contribution in [-0.2, 0) is 0 Å². The van der Waals surface area contributed by atoms with Gasteiger partial charge >= 0.3 is 0 Å². The van der Waals surface area contributed by atoms with Gasteiger partial charge in [0.15, 0.2) is 0 Å². The number of benzene rings is 1. The first-order valence-electron chi connectivity index (χ1n) is 5.72. The highest BCUT2D eigenvalue weighted by atomic mass is 35.5. The lowest BCUT2D eigenvalue weighted by Gasteiger charge is -2.23. The Labute approximate surface area is 101 Å². The Balaban J connectivity index is 2.02. The first-order chi connectivity index (χ1) is 7.75. The molecule has 1 aliphatic rings. The average molecular weight is 238 g/mol. The molecule has 0 unspecified atom stereocenters. The quantitative estimate of drug-likeness (QED) is 0.788. The van der Waals surface area contributed by atoms with Gasteiger partial charge < -0.3 is 5.11 Å². The Hall–Kier alpha value is -0.860. The number of aliphatic imine (C=N–C) groups is 1. The lowest BCUT2D eigenvalue weighted by molar-refractivity contribution is 0.110. The second-order valence-electron chi connectivity index (χ2n) is 4.25. The molecule has 3 heteroatoms. The minimum absolute atomic E-state index is 0.0627. The van der Waals surface area contributed by atoms with Gasteiger partial charge in [-0.05, 0) is 30.5 Å². The van der Waals surface area contributed by atoms with Crippen molar-refractivity contribution in [2.24, 2.45) is 4.99 Å². The van der Waals surface area contributed by atoms with Crippen LogP contribution in [0, 0.1) is 0 Å². The van der Waals surface area contributed by atoms with Crippen LogP contribution in [0.15, 0.2) is 29.3 Å². The van der Waals surface area contributed by atoms with Crippen LogP contribution in [0.1, 0.15) is 31.2 Å². The highest BCUT2D eigenvalue weighted by Crippen LogP contribution is 2.21. The lowest BCUT2D eigenvalue weighted by atomic mass is 9.93. The maximum absolute atomic E-state index is 9.76. The van der Waals surface area contributed by atoms with Crippen molar-refractivity contribution >= 4 is 17.8 Å². The number of rotatable bonds is 2. The number of nitrogens with zero attached hydrogens (tertiary/aromatic N) is 1. The van der Waals surface area contributed by atoms with Gasteiger partial charge in [0.05, 0.1) is 12.1 Å². The van der Waals surface area contributed by atoms with Gasteiger partial charge in [-0.25, -0.2) is 0 Å². The minimum atomic E-state index is -0.274. The number of hydrogen-bond donors (Lipinski definition) is 1. The predicted molar refractivity (Wildman–Crippen MR) is 67.3 cm³/mol. The molecule has 0 heterocycles. The summed E-state index contributed by atoms with van der Waals surface area (Å²) in [5.74, 6) is 0. The van der Waals surface area contributed by atoms with Crippen LogP contribution >= 0.6 is 11.6 Å². The molecule has 0 bridgehead atoms. The molecule has 0 aliphatic heterocycles. The average Bonchev–Trinajstić information content (AvgIpc) is 2.28. The summed E-state index contributed by atoms with van der Waals surface area (Å²) in [5.41, 5.74) is 0.991. The van der Waals surface area contributed by atoms with Crippen LogP contribution < -0.4 is 0 Å². The fraction of sp³-hybridized carbons (Fsp3) is 0.462. The molecule has 0 saturated heterocycles. The number of aliphatic hydroxyl groups is 1. The summed E-state index contributed by atoms with van der Waals surface area (Å²) < 4.78 is 0. The standard InChI is InChI=1S/C13H16ClNO/c14-11-5-3-4-10(8-11)9-15-12-6-1-2-7-13(12)16/h3-5,8-9,12-13,16H,1-2,6-7H2/t12-,13+/m0/s1. The first-order valence-corrected chi connectivity index (χ1v) is 6.10. The molecule has 16 heavy (non-hydrogen) atoms. The largest absolute Gasteiger partial charge is 0.391 e. The van der Waals surface area contributed by atoms with Crippen molar-refractivity contribution in [2.45, 2.75) is 37.8 Å². The smallest absolute Gasteiger partial charge is 0.0763 e. The van der Waals surface area contributed by atoms with E-state index in [1.54, 1.807) is 0 Å². The summed E-state index contributed by atoms with van der Waals surface area (Å²) >= 11 is 5.88. The molecule has 2 nitrogen and oxygen atoms in total. The van der Waals surface area contributed by atoms with Gasteiger partial charge in [0.2, 0.25) is 0 Å². The number of hydrogen-bond acceptors (Lipinski definition) is 2. The maximum Gasteiger partial charge on any atom is 0.0763 e. The molecule has 1 aliphatic carbocycles. The summed E-state index contributed by atoms with van der Waals surface area (Å²) in [7, 11) is 0. The zero-order valence-electron chi connectivity index (χ0n) is 9.14. The van der Waals surface area contributed by atoms with E-state index in [4.69, 9.17) is 11.6 Å². The van der Waals surface area contributed by atoms with Crippen molar-refractivity contribution in [1.29, 1.82) is 0 Å². The normalized spacial score (nSPS) is 26.1. The molecule has 0 spiro atoms. The SMILES string of the molecule is O[C@@H]1CCCC[C@@H]1N=Cc1cccc(Cl)c1. The van der Waals surface area contributed by atoms with Crippen molar-refractivity contribution in [2.75, 3.05) is 0 Å². The van der Waals surface area contributed by atoms with Crippen molar-refractivity contribution in [1.82, 2.24) is 0 Å². The minimum Gasteiger partial charge on any atom is -0.391 e. The molecule has 2 rings (SSSR count). The van der Waals surface area contributed by atoms with Crippen LogP contribution in [0.25, 0.3) is 0 Å². The van der Waals surface area contributed by atoms with Gasteiger partial charge in [-0.3, -0.25) is 4.99 Å². The molecule has 1 fully saturated rings. The molecule has 0 amide bonds. The van der Waals surface area contributed by atoms with E-state index < -0.39 is 0 Å². The molecule has 0 aromatic heterocycles. The Kier molecular flexibility index (Phi) is 3.97. The summed E-state index contributed by atoms with van der Waals surface area (Å²) in [5, 5.41) is 10.5. The zero-order valence-corrected chi connectivity index (χ0v) is 9.90. The topological polar surface area (TPSA) is 32.6 Å². The Morgan fingerprint density at radius 1 is 1.31 bits per heavy atom. The Morgan fingerprint density at radius 2 is 2.12 bits per heavy atom. The summed E-state index contributed by atoms with van der Waals surface area (Å²) in [6.45, 7) is 0. The Bertz CT molecular complexity index is 378. The van der Waals surface area contributed by atoms with Gasteiger partial charge in [0.25, 0.3) is 0 Å². The van der Waals surface area contributed by atoms with Crippen molar-refractivity contribution in [3.8, 4) is 0 Å². The fourth-order valence-electron chi connectivity index (χ4n) is 2.03. The van der Waals surface area contributed by atoms with E-state index in [0.717, 1.165) is 31.2 Å². The summed E-state index contributed by atoms with van der Waals surface area (Å²) in [4.78, 5) is 4.44. The van der Waals surface area contributed by atoms with Crippen LogP contribution in [0.4, 0.5) is 0 Å². The van der Waals surface area contributed by atoms with Crippen molar-refractivity contribution in [3.05, 3.63) is 34.9 Å². The van der Waals surface area contributed by atoms with Crippen LogP contribution in [0.3, 0.4) is 0 Å². The van der Waals surface area contributed by atoms with E-state index in [-0.39, 0.29) is 12.1 Å². The number of halogens is 1. The monoisotopic (exact) mass is 237 g/mol. The molecule has 86 valence electrons. The molecular formula is C13H16ClNO. The van der Waals surface area contributed by atoms with Crippen molar-refractivity contribution < 1.29 is 5.11 Å². The van der Waals surface area contributed by atoms with E-state index in [9.17, 15) is 5.11 Å². The molecule has 2 atom stereocenters. The third-order valence-corrected chi connectivity index (χ3v) is 3.19. The van der Waals surface area contributed by atoms with Crippen molar-refractivity contribution in [3.63, 3.8) is 0 Å². The van der Waals surface area contributed by atoms with E-state index in [1.807, 2.05) is 30.5 Å². The van der Waals surface area contributed by atoms with E-state index in [2.05, 4.69) is 4.99 Å². The first kappa shape index (κ1) is 11.6. The lowest BCUT2D eigenvalue weighted by Crippen LogP contribution is -2.28. The zero-order chi connectivity index (χ0) is 11.4. The van der Waals surface area contributed by atoms with Crippen LogP contribution in [-0.4, -0.2) is 23.5 Å². The molecule has 1 N–H and O–H groups in total. The van der Waals surface area contributed by atoms with Gasteiger partial charge in [-0.15, -0.1) is 0 Å². The molecule has 1 saturated carbocycles. The predicted octanol–water partition coefficient (Wildman–Crippen LogP) is 3.06. The molecular weight excluding hydrogens is 222 g/mol. The molecule has 1 aromatic rings.